The van der Waals surface area contributed by atoms with E-state index in [9.17, 15) is 4.79 Å². The summed E-state index contributed by atoms with van der Waals surface area (Å²) in [5.74, 6) is 10.0. The van der Waals surface area contributed by atoms with Crippen LogP contribution in [0.25, 0.3) is 0 Å². The Morgan fingerprint density at radius 2 is 2.00 bits per heavy atom. The van der Waals surface area contributed by atoms with E-state index in [1.807, 2.05) is 19.1 Å². The molecule has 0 heterocycles. The summed E-state index contributed by atoms with van der Waals surface area (Å²) in [7, 11) is 1.51. The van der Waals surface area contributed by atoms with Gasteiger partial charge in [0.2, 0.25) is 0 Å². The maximum atomic E-state index is 12.4. The summed E-state index contributed by atoms with van der Waals surface area (Å²) < 4.78 is 0. The Bertz CT molecular complexity index is 982. The number of hydrazine groups is 1. The predicted molar refractivity (Wildman–Crippen MR) is 117 cm³/mol. The molecule has 0 unspecified atom stereocenters. The molecule has 0 aliphatic heterocycles. The molecule has 2 amide bonds. The van der Waals surface area contributed by atoms with Gasteiger partial charge in [-0.1, -0.05) is 35.5 Å². The molecule has 5 N–H and O–H groups in total. The molecule has 1 fully saturated rings. The molecule has 0 spiro atoms. The fraction of sp³-hybridized carbons (Fsp3) is 0.391. The van der Waals surface area contributed by atoms with Crippen molar-refractivity contribution in [1.29, 1.82) is 0 Å². The van der Waals surface area contributed by atoms with Crippen LogP contribution in [-0.4, -0.2) is 23.8 Å². The Morgan fingerprint density at radius 3 is 2.73 bits per heavy atom. The highest BCUT2D eigenvalue weighted by Crippen LogP contribution is 2.43. The summed E-state index contributed by atoms with van der Waals surface area (Å²) in [5, 5.41) is 6.78. The summed E-state index contributed by atoms with van der Waals surface area (Å²) in [6, 6.07) is 12.0. The Labute approximate surface area is 177 Å². The lowest BCUT2D eigenvalue weighted by molar-refractivity contribution is -0.371. The number of anilines is 1. The van der Waals surface area contributed by atoms with Gasteiger partial charge in [-0.3, -0.25) is 5.01 Å². The van der Waals surface area contributed by atoms with Crippen LogP contribution in [-0.2, 0) is 24.3 Å². The molecule has 7 nitrogen and oxygen atoms in total. The first-order valence-electron chi connectivity index (χ1n) is 10.5. The molecule has 2 aromatic carbocycles. The third kappa shape index (κ3) is 4.04. The standard InChI is InChI=1S/C23H29N5O2/c1-15(18-8-3-6-16-7-4-9-19(16)18)26-30-14-21-20(17-12-13-17)10-5-11-22(21)28(25)23(29)27(2)24/h3,5-6,8,10-11,17H,4,7,9,12-14,24-25H2,1-2H3/p+1. The molecule has 4 rings (SSSR count). The number of oxime groups is 1. The Kier molecular flexibility index (Phi) is 5.74. The second-order valence-corrected chi connectivity index (χ2v) is 8.19. The number of carbonyl (C=O) groups is 1. The first kappa shape index (κ1) is 20.4. The number of hydrogen-bond donors (Lipinski definition) is 2. The summed E-state index contributed by atoms with van der Waals surface area (Å²) >= 11 is 0. The van der Waals surface area contributed by atoms with Crippen molar-refractivity contribution in [3.63, 3.8) is 0 Å². The molecule has 0 saturated heterocycles. The minimum Gasteiger partial charge on any atom is -0.391 e. The van der Waals surface area contributed by atoms with Crippen molar-refractivity contribution in [3.8, 4) is 0 Å². The first-order valence-corrected chi connectivity index (χ1v) is 10.5. The van der Waals surface area contributed by atoms with E-state index in [1.165, 1.54) is 40.7 Å². The zero-order chi connectivity index (χ0) is 21.3. The highest BCUT2D eigenvalue weighted by atomic mass is 16.6. The predicted octanol–water partition coefficient (Wildman–Crippen LogP) is 2.88. The molecule has 2 aliphatic rings. The van der Waals surface area contributed by atoms with Crippen molar-refractivity contribution in [2.24, 2.45) is 11.0 Å². The van der Waals surface area contributed by atoms with E-state index >= 15 is 0 Å². The number of fused-ring (bicyclic) bond motifs is 1. The molecule has 30 heavy (non-hydrogen) atoms. The van der Waals surface area contributed by atoms with Gasteiger partial charge in [0.25, 0.3) is 0 Å². The van der Waals surface area contributed by atoms with E-state index in [4.69, 9.17) is 10.7 Å². The van der Waals surface area contributed by atoms with Crippen molar-refractivity contribution in [1.82, 2.24) is 5.01 Å². The van der Waals surface area contributed by atoms with E-state index < -0.39 is 0 Å². The molecule has 0 atom stereocenters. The minimum absolute atomic E-state index is 0.280. The van der Waals surface area contributed by atoms with Crippen LogP contribution < -0.4 is 16.7 Å². The van der Waals surface area contributed by atoms with Crippen molar-refractivity contribution >= 4 is 17.4 Å². The summed E-state index contributed by atoms with van der Waals surface area (Å²) in [6.45, 7) is 2.27. The van der Waals surface area contributed by atoms with E-state index in [1.54, 1.807) is 0 Å². The van der Waals surface area contributed by atoms with Crippen LogP contribution in [0.5, 0.6) is 0 Å². The number of urea groups is 1. The van der Waals surface area contributed by atoms with Crippen LogP contribution >= 0.6 is 0 Å². The van der Waals surface area contributed by atoms with Crippen LogP contribution in [0.1, 0.15) is 59.9 Å². The van der Waals surface area contributed by atoms with Crippen LogP contribution in [0.2, 0.25) is 0 Å². The first-order chi connectivity index (χ1) is 14.5. The lowest BCUT2D eigenvalue weighted by Gasteiger charge is -2.21. The number of hydrogen-bond acceptors (Lipinski definition) is 4. The van der Waals surface area contributed by atoms with Gasteiger partial charge >= 0.3 is 6.03 Å². The average molecular weight is 409 g/mol. The van der Waals surface area contributed by atoms with Gasteiger partial charge in [-0.25, -0.2) is 16.5 Å². The zero-order valence-electron chi connectivity index (χ0n) is 17.7. The average Bonchev–Trinajstić information content (AvgIpc) is 3.48. The van der Waals surface area contributed by atoms with Crippen molar-refractivity contribution < 1.29 is 15.5 Å². The topological polar surface area (TPSA) is 98.8 Å². The smallest absolute Gasteiger partial charge is 0.382 e. The van der Waals surface area contributed by atoms with E-state index in [0.29, 0.717) is 11.6 Å². The second-order valence-electron chi connectivity index (χ2n) is 8.19. The van der Waals surface area contributed by atoms with Gasteiger partial charge in [-0.2, -0.15) is 0 Å². The number of amides is 2. The quantitative estimate of drug-likeness (QED) is 0.333. The van der Waals surface area contributed by atoms with E-state index in [0.717, 1.165) is 42.0 Å². The van der Waals surface area contributed by atoms with Gasteiger partial charge in [0.05, 0.1) is 5.71 Å². The fourth-order valence-electron chi connectivity index (χ4n) is 4.27. The number of nitrogens with two attached hydrogens (primary N) is 1. The summed E-state index contributed by atoms with van der Waals surface area (Å²) in [6.07, 6.45) is 5.73. The molecule has 2 aliphatic carbocycles. The molecule has 7 heteroatoms. The van der Waals surface area contributed by atoms with E-state index in [2.05, 4.69) is 35.3 Å². The molecular formula is C23H30N5O2+. The maximum absolute atomic E-state index is 12.4. The lowest BCUT2D eigenvalue weighted by atomic mass is 10.0. The SMILES string of the molecule is CC(=NOCc1c(C2CC2)cccc1N([NH3+])C(=O)N(C)N)c1cccc2c1CCC2. The number of quaternary nitrogens is 1. The minimum atomic E-state index is -0.385. The van der Waals surface area contributed by atoms with Gasteiger partial charge in [0, 0.05) is 18.2 Å². The summed E-state index contributed by atoms with van der Waals surface area (Å²) in [5.41, 5.74) is 7.70. The highest BCUT2D eigenvalue weighted by molar-refractivity contribution is 6.00. The molecule has 2 aromatic rings. The van der Waals surface area contributed by atoms with Crippen LogP contribution in [0.4, 0.5) is 10.5 Å². The molecule has 0 radical (unpaired) electrons. The number of carbonyl (C=O) groups excluding carboxylic acids is 1. The van der Waals surface area contributed by atoms with Gasteiger partial charge in [0.15, 0.2) is 0 Å². The fourth-order valence-corrected chi connectivity index (χ4v) is 4.27. The number of rotatable bonds is 6. The Balaban J connectivity index is 1.58. The van der Waals surface area contributed by atoms with Gasteiger partial charge in [-0.15, -0.1) is 5.01 Å². The van der Waals surface area contributed by atoms with Gasteiger partial charge in [-0.05, 0) is 67.7 Å². The molecule has 0 aromatic heterocycles. The largest absolute Gasteiger partial charge is 0.391 e. The number of benzene rings is 2. The number of aryl methyl sites for hydroxylation is 1. The molecule has 0 bridgehead atoms. The Hall–Kier alpha value is -2.90. The monoisotopic (exact) mass is 408 g/mol. The zero-order valence-corrected chi connectivity index (χ0v) is 17.7. The van der Waals surface area contributed by atoms with Crippen molar-refractivity contribution in [2.75, 3.05) is 12.1 Å². The highest BCUT2D eigenvalue weighted by Gasteiger charge is 2.30. The van der Waals surface area contributed by atoms with Gasteiger partial charge < -0.3 is 4.84 Å². The second kappa shape index (κ2) is 8.45. The molecule has 158 valence electrons. The van der Waals surface area contributed by atoms with Crippen LogP contribution in [0, 0.1) is 0 Å². The summed E-state index contributed by atoms with van der Waals surface area (Å²) in [4.78, 5) is 18.2. The Morgan fingerprint density at radius 1 is 1.23 bits per heavy atom. The van der Waals surface area contributed by atoms with E-state index in [-0.39, 0.29) is 12.6 Å². The third-order valence-electron chi connectivity index (χ3n) is 5.97. The number of nitrogens with zero attached hydrogens (tertiary/aromatic N) is 3. The molecular weight excluding hydrogens is 378 g/mol. The maximum Gasteiger partial charge on any atom is 0.382 e. The third-order valence-corrected chi connectivity index (χ3v) is 5.97. The van der Waals surface area contributed by atoms with Crippen LogP contribution in [0.15, 0.2) is 41.6 Å². The van der Waals surface area contributed by atoms with Crippen LogP contribution in [0.3, 0.4) is 0 Å². The normalized spacial score (nSPS) is 15.7. The lowest BCUT2D eigenvalue weighted by Crippen LogP contribution is -2.73. The van der Waals surface area contributed by atoms with Crippen molar-refractivity contribution in [2.45, 2.75) is 51.6 Å². The molecule has 1 saturated carbocycles. The van der Waals surface area contributed by atoms with Gasteiger partial charge in [0.1, 0.15) is 12.3 Å². The van der Waals surface area contributed by atoms with Crippen molar-refractivity contribution in [3.05, 3.63) is 64.2 Å².